The number of halogens is 1. The quantitative estimate of drug-likeness (QED) is 0.377. The third kappa shape index (κ3) is 5.87. The largest absolute Gasteiger partial charge is 0.494 e. The zero-order valence-corrected chi connectivity index (χ0v) is 16.4. The van der Waals surface area contributed by atoms with E-state index in [0.717, 1.165) is 44.2 Å². The number of hydrogen-bond acceptors (Lipinski definition) is 3. The summed E-state index contributed by atoms with van der Waals surface area (Å²) >= 11 is 0. The highest BCUT2D eigenvalue weighted by atomic mass is 19.1. The van der Waals surface area contributed by atoms with Crippen molar-refractivity contribution in [3.8, 4) is 5.75 Å². The molecule has 0 aromatic heterocycles. The van der Waals surface area contributed by atoms with Gasteiger partial charge in [-0.2, -0.15) is 0 Å². The highest BCUT2D eigenvalue weighted by Crippen LogP contribution is 2.49. The molecule has 2 N–H and O–H groups in total. The molecule has 0 aliphatic heterocycles. The van der Waals surface area contributed by atoms with E-state index in [9.17, 15) is 4.39 Å². The Hall–Kier alpha value is -1.82. The monoisotopic (exact) mass is 365 g/mol. The van der Waals surface area contributed by atoms with E-state index in [1.807, 2.05) is 26.8 Å². The Balaban J connectivity index is 1.97. The molecular formula is C20H32FN3O2. The first-order valence-electron chi connectivity index (χ1n) is 9.49. The molecule has 1 unspecified atom stereocenters. The second-order valence-corrected chi connectivity index (χ2v) is 6.90. The van der Waals surface area contributed by atoms with Gasteiger partial charge in [0.2, 0.25) is 0 Å². The lowest BCUT2D eigenvalue weighted by molar-refractivity contribution is 0.129. The van der Waals surface area contributed by atoms with Crippen molar-refractivity contribution in [3.05, 3.63) is 29.6 Å². The van der Waals surface area contributed by atoms with Gasteiger partial charge in [-0.1, -0.05) is 6.07 Å². The average molecular weight is 365 g/mol. The number of ether oxygens (including phenoxy) is 2. The fraction of sp³-hybridized carbons (Fsp3) is 0.650. The van der Waals surface area contributed by atoms with E-state index in [4.69, 9.17) is 14.5 Å². The molecule has 0 heterocycles. The molecule has 26 heavy (non-hydrogen) atoms. The van der Waals surface area contributed by atoms with Gasteiger partial charge in [0.05, 0.1) is 13.2 Å². The highest BCUT2D eigenvalue weighted by Gasteiger charge is 2.41. The smallest absolute Gasteiger partial charge is 0.191 e. The van der Waals surface area contributed by atoms with Crippen LogP contribution in [0.2, 0.25) is 0 Å². The lowest BCUT2D eigenvalue weighted by Crippen LogP contribution is -2.39. The minimum Gasteiger partial charge on any atom is -0.494 e. The van der Waals surface area contributed by atoms with Crippen LogP contribution in [0.4, 0.5) is 4.39 Å². The van der Waals surface area contributed by atoms with Crippen molar-refractivity contribution in [2.24, 2.45) is 10.4 Å². The van der Waals surface area contributed by atoms with Gasteiger partial charge in [-0.05, 0) is 63.1 Å². The first-order chi connectivity index (χ1) is 12.5. The van der Waals surface area contributed by atoms with Crippen molar-refractivity contribution >= 4 is 5.96 Å². The molecule has 1 atom stereocenters. The molecule has 146 valence electrons. The predicted molar refractivity (Wildman–Crippen MR) is 103 cm³/mol. The Kier molecular flexibility index (Phi) is 7.69. The van der Waals surface area contributed by atoms with E-state index in [1.54, 1.807) is 6.07 Å². The van der Waals surface area contributed by atoms with Crippen LogP contribution in [0, 0.1) is 11.2 Å². The molecule has 1 saturated carbocycles. The molecule has 0 amide bonds. The maximum atomic E-state index is 13.9. The van der Waals surface area contributed by atoms with Crippen LogP contribution in [0.5, 0.6) is 5.75 Å². The summed E-state index contributed by atoms with van der Waals surface area (Å²) in [7, 11) is 1.47. The van der Waals surface area contributed by atoms with Crippen molar-refractivity contribution < 1.29 is 13.9 Å². The van der Waals surface area contributed by atoms with Crippen LogP contribution in [0.3, 0.4) is 0 Å². The van der Waals surface area contributed by atoms with Crippen LogP contribution in [-0.2, 0) is 4.74 Å². The van der Waals surface area contributed by atoms with Gasteiger partial charge in [-0.25, -0.2) is 4.39 Å². The molecule has 0 bridgehead atoms. The summed E-state index contributed by atoms with van der Waals surface area (Å²) < 4.78 is 24.4. The van der Waals surface area contributed by atoms with Gasteiger partial charge >= 0.3 is 0 Å². The minimum absolute atomic E-state index is 0.0632. The molecule has 6 heteroatoms. The van der Waals surface area contributed by atoms with Crippen LogP contribution in [0.1, 0.15) is 51.6 Å². The number of nitrogens with zero attached hydrogens (tertiary/aromatic N) is 1. The molecule has 0 radical (unpaired) electrons. The molecule has 1 aliphatic carbocycles. The second-order valence-electron chi connectivity index (χ2n) is 6.90. The molecule has 1 aromatic carbocycles. The summed E-state index contributed by atoms with van der Waals surface area (Å²) in [5.41, 5.74) is 1.15. The van der Waals surface area contributed by atoms with Crippen LogP contribution < -0.4 is 15.4 Å². The molecule has 1 aromatic rings. The summed E-state index contributed by atoms with van der Waals surface area (Å²) in [4.78, 5) is 4.77. The molecule has 0 saturated heterocycles. The second kappa shape index (κ2) is 9.76. The maximum absolute atomic E-state index is 13.9. The van der Waals surface area contributed by atoms with E-state index >= 15 is 0 Å². The molecule has 1 aliphatic rings. The van der Waals surface area contributed by atoms with E-state index in [1.165, 1.54) is 26.0 Å². The molecular weight excluding hydrogens is 333 g/mol. The predicted octanol–water partition coefficient (Wildman–Crippen LogP) is 3.66. The van der Waals surface area contributed by atoms with E-state index < -0.39 is 0 Å². The molecule has 0 spiro atoms. The lowest BCUT2D eigenvalue weighted by atomic mass is 10.0. The van der Waals surface area contributed by atoms with Crippen molar-refractivity contribution in [3.63, 3.8) is 0 Å². The average Bonchev–Trinajstić information content (AvgIpc) is 3.40. The Labute approximate surface area is 156 Å². The number of nitrogens with one attached hydrogen (secondary N) is 2. The number of rotatable bonds is 10. The van der Waals surface area contributed by atoms with Crippen LogP contribution >= 0.6 is 0 Å². The molecule has 2 rings (SSSR count). The van der Waals surface area contributed by atoms with Crippen molar-refractivity contribution in [2.45, 2.75) is 46.1 Å². The van der Waals surface area contributed by atoms with Gasteiger partial charge in [-0.3, -0.25) is 4.99 Å². The zero-order valence-electron chi connectivity index (χ0n) is 16.4. The normalized spacial score (nSPS) is 16.9. The van der Waals surface area contributed by atoms with Crippen LogP contribution in [0.15, 0.2) is 23.2 Å². The summed E-state index contributed by atoms with van der Waals surface area (Å²) in [6.07, 6.45) is 3.48. The summed E-state index contributed by atoms with van der Waals surface area (Å²) in [6, 6.07) is 4.96. The van der Waals surface area contributed by atoms with Gasteiger partial charge in [0.15, 0.2) is 17.5 Å². The van der Waals surface area contributed by atoms with Gasteiger partial charge in [0.1, 0.15) is 0 Å². The highest BCUT2D eigenvalue weighted by molar-refractivity contribution is 5.80. The van der Waals surface area contributed by atoms with E-state index in [0.29, 0.717) is 5.41 Å². The van der Waals surface area contributed by atoms with Crippen molar-refractivity contribution in [2.75, 3.05) is 33.4 Å². The number of guanidine groups is 1. The Morgan fingerprint density at radius 1 is 1.35 bits per heavy atom. The van der Waals surface area contributed by atoms with Crippen molar-refractivity contribution in [1.82, 2.24) is 10.6 Å². The fourth-order valence-electron chi connectivity index (χ4n) is 2.90. The zero-order chi connectivity index (χ0) is 19.0. The third-order valence-electron chi connectivity index (χ3n) is 4.88. The standard InChI is InChI=1S/C20H32FN3O2/c1-5-22-19(23-14-20(9-10-20)11-12-26-6-2)24-15(3)16-7-8-18(25-4)17(21)13-16/h7-8,13,15H,5-6,9-12,14H2,1-4H3,(H2,22,23,24). The van der Waals surface area contributed by atoms with Gasteiger partial charge in [-0.15, -0.1) is 0 Å². The number of aliphatic imine (C=N–C) groups is 1. The van der Waals surface area contributed by atoms with Crippen LogP contribution in [-0.4, -0.2) is 39.4 Å². The third-order valence-corrected chi connectivity index (χ3v) is 4.88. The number of hydrogen-bond donors (Lipinski definition) is 2. The van der Waals surface area contributed by atoms with Gasteiger partial charge in [0, 0.05) is 26.3 Å². The number of methoxy groups -OCH3 is 1. The van der Waals surface area contributed by atoms with Crippen LogP contribution in [0.25, 0.3) is 0 Å². The Morgan fingerprint density at radius 3 is 2.69 bits per heavy atom. The topological polar surface area (TPSA) is 54.9 Å². The lowest BCUT2D eigenvalue weighted by Gasteiger charge is -2.20. The first-order valence-corrected chi connectivity index (χ1v) is 9.49. The van der Waals surface area contributed by atoms with E-state index in [2.05, 4.69) is 10.6 Å². The van der Waals surface area contributed by atoms with Gasteiger partial charge in [0.25, 0.3) is 0 Å². The maximum Gasteiger partial charge on any atom is 0.191 e. The first kappa shape index (κ1) is 20.5. The SMILES string of the molecule is CCNC(=NCC1(CCOCC)CC1)NC(C)c1ccc(OC)c(F)c1. The minimum atomic E-state index is -0.353. The summed E-state index contributed by atoms with van der Waals surface area (Å²) in [5.74, 6) is 0.666. The number of benzene rings is 1. The van der Waals surface area contributed by atoms with E-state index in [-0.39, 0.29) is 17.6 Å². The van der Waals surface area contributed by atoms with Gasteiger partial charge < -0.3 is 20.1 Å². The Bertz CT molecular complexity index is 603. The molecule has 1 fully saturated rings. The Morgan fingerprint density at radius 2 is 2.12 bits per heavy atom. The fourth-order valence-corrected chi connectivity index (χ4v) is 2.90. The summed E-state index contributed by atoms with van der Waals surface area (Å²) in [6.45, 7) is 9.19. The summed E-state index contributed by atoms with van der Waals surface area (Å²) in [5, 5.41) is 6.64. The van der Waals surface area contributed by atoms with Crippen molar-refractivity contribution in [1.29, 1.82) is 0 Å². The molecule has 5 nitrogen and oxygen atoms in total.